The minimum absolute atomic E-state index is 0.0726. The van der Waals surface area contributed by atoms with Crippen LogP contribution in [0.4, 0.5) is 0 Å². The largest absolute Gasteiger partial charge is 0.455 e. The third-order valence-electron chi connectivity index (χ3n) is 11.6. The predicted molar refractivity (Wildman–Crippen MR) is 222 cm³/mol. The Balaban J connectivity index is 1.06. The molecule has 10 aromatic rings. The second kappa shape index (κ2) is 11.2. The molecule has 53 heavy (non-hydrogen) atoms. The first-order chi connectivity index (χ1) is 26.0. The summed E-state index contributed by atoms with van der Waals surface area (Å²) >= 11 is 0. The van der Waals surface area contributed by atoms with Crippen LogP contribution in [0.1, 0.15) is 25.0 Å². The number of para-hydroxylation sites is 1. The van der Waals surface area contributed by atoms with E-state index >= 15 is 0 Å². The number of aromatic nitrogens is 1. The monoisotopic (exact) mass is 677 g/mol. The van der Waals surface area contributed by atoms with Gasteiger partial charge in [-0.3, -0.25) is 0 Å². The van der Waals surface area contributed by atoms with Gasteiger partial charge in [-0.15, -0.1) is 0 Å². The lowest BCUT2D eigenvalue weighted by Crippen LogP contribution is -2.14. The molecule has 0 saturated carbocycles. The topological polar surface area (TPSA) is 18.1 Å². The van der Waals surface area contributed by atoms with Crippen molar-refractivity contribution in [3.05, 3.63) is 187 Å². The van der Waals surface area contributed by atoms with Gasteiger partial charge in [0.05, 0.1) is 11.0 Å². The van der Waals surface area contributed by atoms with E-state index in [1.165, 1.54) is 71.7 Å². The first-order valence-corrected chi connectivity index (χ1v) is 18.4. The highest BCUT2D eigenvalue weighted by atomic mass is 16.3. The zero-order valence-corrected chi connectivity index (χ0v) is 29.6. The Morgan fingerprint density at radius 2 is 0.962 bits per heavy atom. The highest BCUT2D eigenvalue weighted by Crippen LogP contribution is 2.53. The molecule has 0 fully saturated rings. The molecule has 0 N–H and O–H groups in total. The molecule has 0 amide bonds. The molecule has 1 aliphatic rings. The van der Waals surface area contributed by atoms with Gasteiger partial charge in [-0.1, -0.05) is 153 Å². The van der Waals surface area contributed by atoms with Crippen LogP contribution in [-0.2, 0) is 5.41 Å². The van der Waals surface area contributed by atoms with E-state index in [0.717, 1.165) is 33.4 Å². The van der Waals surface area contributed by atoms with Crippen molar-refractivity contribution < 1.29 is 4.42 Å². The number of fused-ring (bicyclic) bond motifs is 10. The van der Waals surface area contributed by atoms with Crippen molar-refractivity contribution in [3.8, 4) is 50.2 Å². The van der Waals surface area contributed by atoms with Crippen LogP contribution in [0.25, 0.3) is 93.9 Å². The smallest absolute Gasteiger partial charge is 0.143 e. The Morgan fingerprint density at radius 1 is 0.396 bits per heavy atom. The number of benzene rings is 8. The van der Waals surface area contributed by atoms with Gasteiger partial charge in [-0.2, -0.15) is 0 Å². The van der Waals surface area contributed by atoms with Crippen molar-refractivity contribution in [1.82, 2.24) is 4.57 Å². The Kier molecular flexibility index (Phi) is 6.33. The van der Waals surface area contributed by atoms with Gasteiger partial charge in [-0.05, 0) is 80.9 Å². The van der Waals surface area contributed by atoms with Crippen LogP contribution >= 0.6 is 0 Å². The van der Waals surface area contributed by atoms with Gasteiger partial charge < -0.3 is 8.98 Å². The molecule has 2 heteroatoms. The summed E-state index contributed by atoms with van der Waals surface area (Å²) in [5.74, 6) is 0. The van der Waals surface area contributed by atoms with Crippen molar-refractivity contribution in [2.75, 3.05) is 0 Å². The van der Waals surface area contributed by atoms with Crippen molar-refractivity contribution in [3.63, 3.8) is 0 Å². The predicted octanol–water partition coefficient (Wildman–Crippen LogP) is 14.0. The second-order valence-corrected chi connectivity index (χ2v) is 14.9. The van der Waals surface area contributed by atoms with Gasteiger partial charge in [0.25, 0.3) is 0 Å². The number of nitrogens with zero attached hydrogens (tertiary/aromatic N) is 1. The highest BCUT2D eigenvalue weighted by Gasteiger charge is 2.37. The normalized spacial score (nSPS) is 13.2. The van der Waals surface area contributed by atoms with Crippen molar-refractivity contribution in [2.45, 2.75) is 19.3 Å². The van der Waals surface area contributed by atoms with Gasteiger partial charge in [-0.25, -0.2) is 0 Å². The molecule has 2 aromatic heterocycles. The summed E-state index contributed by atoms with van der Waals surface area (Å²) < 4.78 is 9.34. The molecule has 0 unspecified atom stereocenters. The minimum Gasteiger partial charge on any atom is -0.455 e. The quantitative estimate of drug-likeness (QED) is 0.181. The van der Waals surface area contributed by atoms with Crippen molar-refractivity contribution in [2.24, 2.45) is 0 Å². The molecule has 8 aromatic carbocycles. The molecule has 0 radical (unpaired) electrons. The second-order valence-electron chi connectivity index (χ2n) is 14.9. The average molecular weight is 678 g/mol. The van der Waals surface area contributed by atoms with Gasteiger partial charge in [0, 0.05) is 43.8 Å². The van der Waals surface area contributed by atoms with Crippen LogP contribution < -0.4 is 0 Å². The van der Waals surface area contributed by atoms with E-state index in [1.54, 1.807) is 0 Å². The van der Waals surface area contributed by atoms with Crippen LogP contribution in [0.2, 0.25) is 0 Å². The maximum absolute atomic E-state index is 6.94. The average Bonchev–Trinajstić information content (AvgIpc) is 3.84. The lowest BCUT2D eigenvalue weighted by Gasteiger charge is -2.21. The Hall–Kier alpha value is -6.64. The molecule has 0 aliphatic heterocycles. The zero-order chi connectivity index (χ0) is 35.3. The van der Waals surface area contributed by atoms with Crippen LogP contribution in [0.3, 0.4) is 0 Å². The van der Waals surface area contributed by atoms with E-state index in [-0.39, 0.29) is 5.41 Å². The van der Waals surface area contributed by atoms with E-state index in [9.17, 15) is 0 Å². The maximum atomic E-state index is 6.94. The number of furan rings is 1. The Bertz CT molecular complexity index is 2960. The summed E-state index contributed by atoms with van der Waals surface area (Å²) in [6.45, 7) is 4.64. The number of hydrogen-bond acceptors (Lipinski definition) is 1. The molecule has 0 atom stereocenters. The summed E-state index contributed by atoms with van der Waals surface area (Å²) in [5, 5.41) is 4.80. The SMILES string of the molecule is CC1(C)c2ccccc2-c2c1ccc1c2oc2c(-c3ccc(-n4c5ccc(-c6ccccc6)cc5c5cc(-c6ccccc6)ccc54)cc3)cccc21. The summed E-state index contributed by atoms with van der Waals surface area (Å²) in [7, 11) is 0. The summed E-state index contributed by atoms with van der Waals surface area (Å²) in [6.07, 6.45) is 0. The summed E-state index contributed by atoms with van der Waals surface area (Å²) in [6, 6.07) is 64.0. The third kappa shape index (κ3) is 4.39. The Morgan fingerprint density at radius 3 is 1.62 bits per heavy atom. The van der Waals surface area contributed by atoms with Gasteiger partial charge in [0.2, 0.25) is 0 Å². The van der Waals surface area contributed by atoms with E-state index in [1.807, 2.05) is 0 Å². The van der Waals surface area contributed by atoms with Crippen LogP contribution in [0.15, 0.2) is 180 Å². The van der Waals surface area contributed by atoms with Crippen molar-refractivity contribution >= 4 is 43.7 Å². The van der Waals surface area contributed by atoms with E-state index < -0.39 is 0 Å². The van der Waals surface area contributed by atoms with E-state index in [0.29, 0.717) is 0 Å². The molecule has 11 rings (SSSR count). The van der Waals surface area contributed by atoms with Gasteiger partial charge >= 0.3 is 0 Å². The lowest BCUT2D eigenvalue weighted by molar-refractivity contribution is 0.653. The number of hydrogen-bond donors (Lipinski definition) is 0. The molecule has 0 saturated heterocycles. The highest BCUT2D eigenvalue weighted by molar-refractivity contribution is 6.15. The lowest BCUT2D eigenvalue weighted by atomic mass is 9.82. The fraction of sp³-hybridized carbons (Fsp3) is 0.0588. The molecular weight excluding hydrogens is 643 g/mol. The first-order valence-electron chi connectivity index (χ1n) is 18.4. The third-order valence-corrected chi connectivity index (χ3v) is 11.6. The molecule has 1 aliphatic carbocycles. The Labute approximate surface area is 308 Å². The van der Waals surface area contributed by atoms with Gasteiger partial charge in [0.15, 0.2) is 0 Å². The van der Waals surface area contributed by atoms with Gasteiger partial charge in [0.1, 0.15) is 11.2 Å². The summed E-state index contributed by atoms with van der Waals surface area (Å²) in [4.78, 5) is 0. The molecule has 250 valence electrons. The molecule has 2 heterocycles. The zero-order valence-electron chi connectivity index (χ0n) is 29.6. The van der Waals surface area contributed by atoms with Crippen LogP contribution in [-0.4, -0.2) is 4.57 Å². The van der Waals surface area contributed by atoms with Crippen LogP contribution in [0, 0.1) is 0 Å². The van der Waals surface area contributed by atoms with E-state index in [4.69, 9.17) is 4.42 Å². The fourth-order valence-electron chi connectivity index (χ4n) is 8.98. The van der Waals surface area contributed by atoms with E-state index in [2.05, 4.69) is 194 Å². The molecule has 0 bridgehead atoms. The molecule has 0 spiro atoms. The summed E-state index contributed by atoms with van der Waals surface area (Å²) in [5.41, 5.74) is 17.7. The minimum atomic E-state index is -0.0726. The maximum Gasteiger partial charge on any atom is 0.143 e. The fourth-order valence-corrected chi connectivity index (χ4v) is 8.98. The number of rotatable bonds is 4. The van der Waals surface area contributed by atoms with Crippen molar-refractivity contribution in [1.29, 1.82) is 0 Å². The van der Waals surface area contributed by atoms with Crippen LogP contribution in [0.5, 0.6) is 0 Å². The molecular formula is C51H35NO. The standard InChI is InChI=1S/C51H35NO/c1-51(2)44-19-10-9-16-41(44)48-45(51)27-26-40-39-18-11-17-38(49(39)53-50(40)48)34-20-24-37(25-21-34)52-46-28-22-35(32-12-5-3-6-13-32)30-42(46)43-31-36(23-29-47(43)52)33-14-7-4-8-15-33/h3-31H,1-2H3. The first kappa shape index (κ1) is 30.0. The molecule has 2 nitrogen and oxygen atoms in total.